The van der Waals surface area contributed by atoms with Crippen LogP contribution in [0.5, 0.6) is 0 Å². The molecule has 0 saturated heterocycles. The zero-order valence-electron chi connectivity index (χ0n) is 11.2. The Kier molecular flexibility index (Phi) is 4.82. The summed E-state index contributed by atoms with van der Waals surface area (Å²) in [4.78, 5) is 0. The lowest BCUT2D eigenvalue weighted by molar-refractivity contribution is 0.549. The van der Waals surface area contributed by atoms with E-state index in [1.54, 1.807) is 0 Å². The van der Waals surface area contributed by atoms with E-state index in [1.165, 1.54) is 17.7 Å². The van der Waals surface area contributed by atoms with Crippen molar-refractivity contribution in [1.82, 2.24) is 0 Å². The molecular weight excluding hydrogens is 346 g/mol. The van der Waals surface area contributed by atoms with Gasteiger partial charge in [0.15, 0.2) is 0 Å². The van der Waals surface area contributed by atoms with Gasteiger partial charge >= 0.3 is 0 Å². The first-order valence-electron chi connectivity index (χ1n) is 6.23. The van der Waals surface area contributed by atoms with Crippen LogP contribution in [0.15, 0.2) is 34.8 Å². The van der Waals surface area contributed by atoms with Crippen LogP contribution < -0.4 is 0 Å². The Morgan fingerprint density at radius 1 is 1.05 bits per heavy atom. The van der Waals surface area contributed by atoms with Gasteiger partial charge in [0.25, 0.3) is 0 Å². The topological polar surface area (TPSA) is 0 Å². The minimum absolute atomic E-state index is 0.0758. The van der Waals surface area contributed by atoms with Gasteiger partial charge in [0.2, 0.25) is 0 Å². The highest BCUT2D eigenvalue weighted by atomic mass is 79.9. The van der Waals surface area contributed by atoms with Crippen molar-refractivity contribution in [2.75, 3.05) is 0 Å². The third kappa shape index (κ3) is 3.39. The van der Waals surface area contributed by atoms with Crippen LogP contribution in [0.25, 0.3) is 0 Å². The summed E-state index contributed by atoms with van der Waals surface area (Å²) in [5, 5.41) is -0.731. The van der Waals surface area contributed by atoms with Crippen molar-refractivity contribution in [3.8, 4) is 0 Å². The summed E-state index contributed by atoms with van der Waals surface area (Å²) < 4.78 is 28.1. The number of alkyl halides is 1. The number of hydrogen-bond donors (Lipinski definition) is 0. The minimum atomic E-state index is -0.731. The second kappa shape index (κ2) is 6.23. The lowest BCUT2D eigenvalue weighted by Crippen LogP contribution is -2.03. The molecule has 2 aromatic carbocycles. The Hall–Kier alpha value is -0.930. The molecule has 0 radical (unpaired) electrons. The predicted octanol–water partition coefficient (Wildman–Crippen LogP) is 5.87. The van der Waals surface area contributed by atoms with Crippen LogP contribution in [-0.2, 0) is 6.42 Å². The third-order valence-corrected chi connectivity index (χ3v) is 4.17. The summed E-state index contributed by atoms with van der Waals surface area (Å²) in [6, 6.07) is 8.39. The van der Waals surface area contributed by atoms with Crippen molar-refractivity contribution in [1.29, 1.82) is 0 Å². The fourth-order valence-electron chi connectivity index (χ4n) is 2.09. The maximum atomic E-state index is 13.9. The molecule has 0 amide bonds. The van der Waals surface area contributed by atoms with Crippen molar-refractivity contribution in [3.63, 3.8) is 0 Å². The number of benzene rings is 2. The molecule has 0 bridgehead atoms. The Bertz CT molecular complexity index is 617. The summed E-state index contributed by atoms with van der Waals surface area (Å²) >= 11 is 9.26. The molecule has 106 valence electrons. The molecule has 20 heavy (non-hydrogen) atoms. The highest BCUT2D eigenvalue weighted by Crippen LogP contribution is 2.31. The zero-order chi connectivity index (χ0) is 14.9. The summed E-state index contributed by atoms with van der Waals surface area (Å²) in [6.07, 6.45) is 0.387. The fourth-order valence-corrected chi connectivity index (χ4v) is 2.88. The van der Waals surface area contributed by atoms with Crippen LogP contribution in [0.3, 0.4) is 0 Å². The van der Waals surface area contributed by atoms with Crippen LogP contribution in [0.4, 0.5) is 8.78 Å². The maximum absolute atomic E-state index is 13.9. The van der Waals surface area contributed by atoms with Crippen molar-refractivity contribution in [2.24, 2.45) is 0 Å². The van der Waals surface area contributed by atoms with E-state index in [0.717, 1.165) is 11.1 Å². The van der Waals surface area contributed by atoms with E-state index in [1.807, 2.05) is 32.0 Å². The Morgan fingerprint density at radius 2 is 1.65 bits per heavy atom. The molecule has 0 spiro atoms. The van der Waals surface area contributed by atoms with Crippen molar-refractivity contribution in [2.45, 2.75) is 25.6 Å². The summed E-state index contributed by atoms with van der Waals surface area (Å²) in [5.74, 6) is -1.25. The molecule has 0 heterocycles. The molecule has 1 atom stereocenters. The van der Waals surface area contributed by atoms with Crippen LogP contribution in [0.1, 0.15) is 27.6 Å². The fraction of sp³-hybridized carbons (Fsp3) is 0.250. The standard InChI is InChI=1S/C16H14BrClF2/c1-9-3-4-11(5-10(9)2)6-13(18)16-14(19)7-12(17)8-15(16)20/h3-5,7-8,13H,6H2,1-2H3. The van der Waals surface area contributed by atoms with Gasteiger partial charge in [0.05, 0.1) is 5.38 Å². The van der Waals surface area contributed by atoms with E-state index in [4.69, 9.17) is 11.6 Å². The molecule has 2 aromatic rings. The van der Waals surface area contributed by atoms with E-state index in [-0.39, 0.29) is 5.56 Å². The van der Waals surface area contributed by atoms with Crippen LogP contribution in [0, 0.1) is 25.5 Å². The predicted molar refractivity (Wildman–Crippen MR) is 82.3 cm³/mol. The molecule has 0 nitrogen and oxygen atoms in total. The quantitative estimate of drug-likeness (QED) is 0.601. The normalized spacial score (nSPS) is 12.5. The number of halogens is 4. The van der Waals surface area contributed by atoms with Gasteiger partial charge in [-0.15, -0.1) is 11.6 Å². The molecule has 0 fully saturated rings. The summed E-state index contributed by atoms with van der Waals surface area (Å²) in [6.45, 7) is 4.02. The van der Waals surface area contributed by atoms with Crippen LogP contribution >= 0.6 is 27.5 Å². The average molecular weight is 360 g/mol. The lowest BCUT2D eigenvalue weighted by atomic mass is 9.99. The molecule has 0 aliphatic heterocycles. The Labute approximate surface area is 130 Å². The van der Waals surface area contributed by atoms with E-state index >= 15 is 0 Å². The van der Waals surface area contributed by atoms with Crippen LogP contribution in [0.2, 0.25) is 0 Å². The van der Waals surface area contributed by atoms with Gasteiger partial charge in [-0.3, -0.25) is 0 Å². The SMILES string of the molecule is Cc1ccc(CC(Cl)c2c(F)cc(Br)cc2F)cc1C. The smallest absolute Gasteiger partial charge is 0.131 e. The largest absolute Gasteiger partial charge is 0.206 e. The van der Waals surface area contributed by atoms with Gasteiger partial charge < -0.3 is 0 Å². The molecule has 0 aliphatic rings. The van der Waals surface area contributed by atoms with Gasteiger partial charge in [-0.1, -0.05) is 34.1 Å². The lowest BCUT2D eigenvalue weighted by Gasteiger charge is -2.13. The van der Waals surface area contributed by atoms with Crippen LogP contribution in [-0.4, -0.2) is 0 Å². The highest BCUT2D eigenvalue weighted by molar-refractivity contribution is 9.10. The second-order valence-corrected chi connectivity index (χ2v) is 6.32. The van der Waals surface area contributed by atoms with Crippen molar-refractivity contribution >= 4 is 27.5 Å². The minimum Gasteiger partial charge on any atom is -0.206 e. The molecule has 0 aliphatic carbocycles. The third-order valence-electron chi connectivity index (χ3n) is 3.34. The van der Waals surface area contributed by atoms with E-state index in [9.17, 15) is 8.78 Å². The summed E-state index contributed by atoms with van der Waals surface area (Å²) in [7, 11) is 0. The molecule has 0 aromatic heterocycles. The van der Waals surface area contributed by atoms with E-state index in [2.05, 4.69) is 15.9 Å². The molecule has 0 N–H and O–H groups in total. The van der Waals surface area contributed by atoms with Gasteiger partial charge in [0.1, 0.15) is 11.6 Å². The molecule has 0 saturated carbocycles. The first-order chi connectivity index (χ1) is 9.38. The summed E-state index contributed by atoms with van der Waals surface area (Å²) in [5.41, 5.74) is 3.21. The molecule has 1 unspecified atom stereocenters. The zero-order valence-corrected chi connectivity index (χ0v) is 13.5. The van der Waals surface area contributed by atoms with Gasteiger partial charge in [0, 0.05) is 10.0 Å². The number of hydrogen-bond acceptors (Lipinski definition) is 0. The van der Waals surface area contributed by atoms with Crippen molar-refractivity contribution < 1.29 is 8.78 Å². The number of rotatable bonds is 3. The average Bonchev–Trinajstić information content (AvgIpc) is 2.32. The van der Waals surface area contributed by atoms with Gasteiger partial charge in [-0.2, -0.15) is 0 Å². The Morgan fingerprint density at radius 3 is 2.20 bits per heavy atom. The maximum Gasteiger partial charge on any atom is 0.131 e. The molecule has 2 rings (SSSR count). The molecular formula is C16H14BrClF2. The van der Waals surface area contributed by atoms with E-state index < -0.39 is 17.0 Å². The van der Waals surface area contributed by atoms with Crippen molar-refractivity contribution in [3.05, 3.63) is 68.7 Å². The van der Waals surface area contributed by atoms with E-state index in [0.29, 0.717) is 10.9 Å². The van der Waals surface area contributed by atoms with Gasteiger partial charge in [-0.25, -0.2) is 8.78 Å². The first kappa shape index (κ1) is 15.5. The number of aryl methyl sites for hydroxylation is 2. The van der Waals surface area contributed by atoms with Gasteiger partial charge in [-0.05, 0) is 49.1 Å². The Balaban J connectivity index is 2.28. The first-order valence-corrected chi connectivity index (χ1v) is 7.46. The second-order valence-electron chi connectivity index (χ2n) is 4.87. The molecule has 4 heteroatoms. The monoisotopic (exact) mass is 358 g/mol. The highest BCUT2D eigenvalue weighted by Gasteiger charge is 2.19.